The van der Waals surface area contributed by atoms with Gasteiger partial charge in [-0.05, 0) is 36.2 Å². The monoisotopic (exact) mass is 228 g/mol. The summed E-state index contributed by atoms with van der Waals surface area (Å²) in [6.45, 7) is 2.46. The number of nitrogens with two attached hydrogens (primary N) is 1. The van der Waals surface area contributed by atoms with E-state index in [1.165, 1.54) is 0 Å². The molecule has 0 spiro atoms. The summed E-state index contributed by atoms with van der Waals surface area (Å²) in [5, 5.41) is 13.0. The first-order chi connectivity index (χ1) is 8.20. The van der Waals surface area contributed by atoms with Gasteiger partial charge in [-0.3, -0.25) is 0 Å². The third-order valence-electron chi connectivity index (χ3n) is 2.68. The van der Waals surface area contributed by atoms with Gasteiger partial charge in [0.2, 0.25) is 0 Å². The Hall–Kier alpha value is -2.00. The molecule has 3 heteroatoms. The highest BCUT2D eigenvalue weighted by atomic mass is 16.3. The third kappa shape index (κ3) is 2.57. The summed E-state index contributed by atoms with van der Waals surface area (Å²) in [6.07, 6.45) is 0. The Bertz CT molecular complexity index is 503. The molecule has 0 radical (unpaired) electrons. The van der Waals surface area contributed by atoms with E-state index in [1.54, 1.807) is 6.07 Å². The molecule has 2 aromatic rings. The summed E-state index contributed by atoms with van der Waals surface area (Å²) in [5.74, 6) is 0.253. The second kappa shape index (κ2) is 4.89. The lowest BCUT2D eigenvalue weighted by Crippen LogP contribution is -1.98. The Balaban J connectivity index is 2.31. The Morgan fingerprint density at radius 2 is 1.94 bits per heavy atom. The molecule has 0 fully saturated rings. The molecule has 3 nitrogen and oxygen atoms in total. The van der Waals surface area contributed by atoms with E-state index in [0.29, 0.717) is 6.54 Å². The van der Waals surface area contributed by atoms with Crippen LogP contribution in [0, 0.1) is 6.92 Å². The van der Waals surface area contributed by atoms with Crippen LogP contribution in [0.2, 0.25) is 0 Å². The minimum Gasteiger partial charge on any atom is -0.506 e. The van der Waals surface area contributed by atoms with Crippen LogP contribution in [0.1, 0.15) is 11.1 Å². The Morgan fingerprint density at radius 1 is 1.18 bits per heavy atom. The van der Waals surface area contributed by atoms with Crippen LogP contribution in [0.25, 0.3) is 0 Å². The number of aryl methyl sites for hydroxylation is 1. The van der Waals surface area contributed by atoms with Crippen LogP contribution in [-0.2, 0) is 6.54 Å². The summed E-state index contributed by atoms with van der Waals surface area (Å²) in [7, 11) is 0. The van der Waals surface area contributed by atoms with E-state index in [-0.39, 0.29) is 5.75 Å². The number of rotatable bonds is 3. The third-order valence-corrected chi connectivity index (χ3v) is 2.68. The fourth-order valence-corrected chi connectivity index (χ4v) is 1.74. The van der Waals surface area contributed by atoms with Crippen molar-refractivity contribution in [3.05, 3.63) is 53.6 Å². The summed E-state index contributed by atoms with van der Waals surface area (Å²) in [4.78, 5) is 0. The van der Waals surface area contributed by atoms with E-state index in [9.17, 15) is 5.11 Å². The van der Waals surface area contributed by atoms with Crippen LogP contribution < -0.4 is 11.1 Å². The molecular formula is C14H16N2O. The Morgan fingerprint density at radius 3 is 2.65 bits per heavy atom. The van der Waals surface area contributed by atoms with Gasteiger partial charge >= 0.3 is 0 Å². The summed E-state index contributed by atoms with van der Waals surface area (Å²) < 4.78 is 0. The van der Waals surface area contributed by atoms with Gasteiger partial charge in [-0.25, -0.2) is 0 Å². The minimum absolute atomic E-state index is 0.253. The van der Waals surface area contributed by atoms with Crippen molar-refractivity contribution in [2.45, 2.75) is 13.5 Å². The van der Waals surface area contributed by atoms with Gasteiger partial charge in [0.15, 0.2) is 0 Å². The van der Waals surface area contributed by atoms with Gasteiger partial charge in [0.05, 0.1) is 5.69 Å². The molecule has 0 unspecified atom stereocenters. The molecular weight excluding hydrogens is 212 g/mol. The first-order valence-corrected chi connectivity index (χ1v) is 5.55. The molecule has 4 N–H and O–H groups in total. The maximum atomic E-state index is 9.79. The van der Waals surface area contributed by atoms with Gasteiger partial charge in [-0.15, -0.1) is 0 Å². The van der Waals surface area contributed by atoms with Crippen LogP contribution in [0.4, 0.5) is 11.4 Å². The van der Waals surface area contributed by atoms with Crippen LogP contribution in [0.15, 0.2) is 42.5 Å². The molecule has 0 amide bonds. The Kier molecular flexibility index (Phi) is 3.30. The minimum atomic E-state index is 0.253. The summed E-state index contributed by atoms with van der Waals surface area (Å²) in [5.41, 5.74) is 9.32. The standard InChI is InChI=1S/C14H16N2O/c1-10-4-2-7-13(17)14(10)16-12-6-3-5-11(8-12)9-15/h2-8,16-17H,9,15H2,1H3. The summed E-state index contributed by atoms with van der Waals surface area (Å²) >= 11 is 0. The van der Waals surface area contributed by atoms with Gasteiger partial charge < -0.3 is 16.2 Å². The first kappa shape index (κ1) is 11.5. The molecule has 2 rings (SSSR count). The zero-order chi connectivity index (χ0) is 12.3. The molecule has 17 heavy (non-hydrogen) atoms. The topological polar surface area (TPSA) is 58.3 Å². The Labute approximate surface area is 101 Å². The number of benzene rings is 2. The number of hydrogen-bond donors (Lipinski definition) is 3. The highest BCUT2D eigenvalue weighted by Gasteiger charge is 2.04. The molecule has 0 aromatic heterocycles. The van der Waals surface area contributed by atoms with Gasteiger partial charge in [-0.2, -0.15) is 0 Å². The van der Waals surface area contributed by atoms with Crippen molar-refractivity contribution in [3.63, 3.8) is 0 Å². The van der Waals surface area contributed by atoms with E-state index in [0.717, 1.165) is 22.5 Å². The zero-order valence-electron chi connectivity index (χ0n) is 9.77. The van der Waals surface area contributed by atoms with E-state index < -0.39 is 0 Å². The number of nitrogens with one attached hydrogen (secondary N) is 1. The second-order valence-corrected chi connectivity index (χ2v) is 4.00. The second-order valence-electron chi connectivity index (χ2n) is 4.00. The van der Waals surface area contributed by atoms with Gasteiger partial charge in [0.1, 0.15) is 5.75 Å². The lowest BCUT2D eigenvalue weighted by molar-refractivity contribution is 0.477. The maximum Gasteiger partial charge on any atom is 0.139 e. The normalized spacial score (nSPS) is 10.2. The van der Waals surface area contributed by atoms with Crippen molar-refractivity contribution in [2.24, 2.45) is 5.73 Å². The molecule has 0 heterocycles. The van der Waals surface area contributed by atoms with Gasteiger partial charge in [0, 0.05) is 12.2 Å². The molecule has 0 aliphatic carbocycles. The van der Waals surface area contributed by atoms with Crippen molar-refractivity contribution in [3.8, 4) is 5.75 Å². The fraction of sp³-hybridized carbons (Fsp3) is 0.143. The number of phenols is 1. The van der Waals surface area contributed by atoms with E-state index >= 15 is 0 Å². The number of para-hydroxylation sites is 1. The first-order valence-electron chi connectivity index (χ1n) is 5.55. The van der Waals surface area contributed by atoms with Crippen molar-refractivity contribution in [1.82, 2.24) is 0 Å². The average Bonchev–Trinajstić information content (AvgIpc) is 2.34. The number of hydrogen-bond acceptors (Lipinski definition) is 3. The molecule has 0 aliphatic heterocycles. The highest BCUT2D eigenvalue weighted by molar-refractivity contribution is 5.69. The van der Waals surface area contributed by atoms with Crippen LogP contribution in [0.3, 0.4) is 0 Å². The molecule has 0 aliphatic rings. The zero-order valence-corrected chi connectivity index (χ0v) is 9.77. The quantitative estimate of drug-likeness (QED) is 0.708. The van der Waals surface area contributed by atoms with Crippen molar-refractivity contribution in [1.29, 1.82) is 0 Å². The molecule has 88 valence electrons. The summed E-state index contributed by atoms with van der Waals surface area (Å²) in [6, 6.07) is 13.3. The van der Waals surface area contributed by atoms with Crippen molar-refractivity contribution < 1.29 is 5.11 Å². The molecule has 2 aromatic carbocycles. The van der Waals surface area contributed by atoms with Crippen molar-refractivity contribution >= 4 is 11.4 Å². The lowest BCUT2D eigenvalue weighted by Gasteiger charge is -2.12. The average molecular weight is 228 g/mol. The SMILES string of the molecule is Cc1cccc(O)c1Nc1cccc(CN)c1. The van der Waals surface area contributed by atoms with E-state index in [4.69, 9.17) is 5.73 Å². The molecule has 0 saturated carbocycles. The van der Waals surface area contributed by atoms with Gasteiger partial charge in [0.25, 0.3) is 0 Å². The number of phenolic OH excluding ortho intramolecular Hbond substituents is 1. The fourth-order valence-electron chi connectivity index (χ4n) is 1.74. The van der Waals surface area contributed by atoms with Gasteiger partial charge in [-0.1, -0.05) is 24.3 Å². The highest BCUT2D eigenvalue weighted by Crippen LogP contribution is 2.29. The maximum absolute atomic E-state index is 9.79. The van der Waals surface area contributed by atoms with Crippen LogP contribution in [0.5, 0.6) is 5.75 Å². The predicted octanol–water partition coefficient (Wildman–Crippen LogP) is 2.90. The largest absolute Gasteiger partial charge is 0.506 e. The lowest BCUT2D eigenvalue weighted by atomic mass is 10.1. The molecule has 0 atom stereocenters. The number of aromatic hydroxyl groups is 1. The predicted molar refractivity (Wildman–Crippen MR) is 70.5 cm³/mol. The molecule has 0 saturated heterocycles. The number of anilines is 2. The molecule has 0 bridgehead atoms. The van der Waals surface area contributed by atoms with Crippen LogP contribution >= 0.6 is 0 Å². The van der Waals surface area contributed by atoms with Crippen LogP contribution in [-0.4, -0.2) is 5.11 Å². The van der Waals surface area contributed by atoms with E-state index in [1.807, 2.05) is 43.3 Å². The smallest absolute Gasteiger partial charge is 0.139 e. The van der Waals surface area contributed by atoms with Crippen molar-refractivity contribution in [2.75, 3.05) is 5.32 Å². The van der Waals surface area contributed by atoms with E-state index in [2.05, 4.69) is 5.32 Å².